The molecule has 3 aliphatic rings. The van der Waals surface area contributed by atoms with Crippen LogP contribution in [0.15, 0.2) is 89.7 Å². The van der Waals surface area contributed by atoms with Gasteiger partial charge in [0.05, 0.1) is 5.69 Å². The Labute approximate surface area is 275 Å². The second kappa shape index (κ2) is 13.4. The topological polar surface area (TPSA) is 111 Å². The number of benzene rings is 3. The van der Waals surface area contributed by atoms with E-state index in [0.29, 0.717) is 36.7 Å². The van der Waals surface area contributed by atoms with Crippen molar-refractivity contribution in [2.24, 2.45) is 5.92 Å². The van der Waals surface area contributed by atoms with Gasteiger partial charge in [-0.1, -0.05) is 84.4 Å². The quantitative estimate of drug-likeness (QED) is 0.181. The number of amides is 1. The second-order valence-electron chi connectivity index (χ2n) is 12.1. The van der Waals surface area contributed by atoms with E-state index in [4.69, 9.17) is 26.1 Å². The standard InChI is InChI=1S/C36H33ClFN5O4/c37-32-29(17-22-11-14-26(38)15-12-22)39-33(42-32)30-31(46-20-23-7-3-1-4-8-23)35(44)43-19-25-13-16-27(34(43)41-30)28(18-25)40-36(45)47-21-24-9-5-2-6-10-24/h1-12,14-15,25,27-28H,13,16-21H2,(H,39,42)(H,40,45). The van der Waals surface area contributed by atoms with E-state index in [9.17, 15) is 14.0 Å². The number of imidazole rings is 1. The van der Waals surface area contributed by atoms with Crippen molar-refractivity contribution in [2.45, 2.75) is 57.4 Å². The number of hydrogen-bond donors (Lipinski definition) is 2. The Morgan fingerprint density at radius 1 is 0.936 bits per heavy atom. The molecule has 2 bridgehead atoms. The Morgan fingerprint density at radius 2 is 1.64 bits per heavy atom. The van der Waals surface area contributed by atoms with Gasteiger partial charge in [0, 0.05) is 24.9 Å². The third-order valence-corrected chi connectivity index (χ3v) is 9.19. The number of ether oxygens (including phenoxy) is 2. The summed E-state index contributed by atoms with van der Waals surface area (Å²) in [6, 6.07) is 25.0. The molecule has 2 aromatic heterocycles. The Kier molecular flexibility index (Phi) is 8.76. The first-order valence-electron chi connectivity index (χ1n) is 15.7. The monoisotopic (exact) mass is 653 g/mol. The molecule has 0 spiro atoms. The average molecular weight is 654 g/mol. The molecule has 240 valence electrons. The molecule has 1 saturated carbocycles. The van der Waals surface area contributed by atoms with Gasteiger partial charge in [-0.05, 0) is 54.0 Å². The van der Waals surface area contributed by atoms with Crippen LogP contribution in [0.5, 0.6) is 5.75 Å². The van der Waals surface area contributed by atoms with E-state index >= 15 is 0 Å². The minimum Gasteiger partial charge on any atom is -0.481 e. The lowest BCUT2D eigenvalue weighted by molar-refractivity contribution is 0.128. The molecule has 11 heteroatoms. The maximum atomic E-state index is 14.3. The fraction of sp³-hybridized carbons (Fsp3) is 0.278. The van der Waals surface area contributed by atoms with Crippen molar-refractivity contribution in [2.75, 3.05) is 0 Å². The van der Waals surface area contributed by atoms with Crippen molar-refractivity contribution < 1.29 is 18.7 Å². The third-order valence-electron chi connectivity index (χ3n) is 8.88. The number of aromatic nitrogens is 4. The van der Waals surface area contributed by atoms with Crippen molar-refractivity contribution in [1.29, 1.82) is 0 Å². The smallest absolute Gasteiger partial charge is 0.407 e. The predicted octanol–water partition coefficient (Wildman–Crippen LogP) is 6.79. The molecule has 0 radical (unpaired) electrons. The maximum absolute atomic E-state index is 14.3. The van der Waals surface area contributed by atoms with Crippen molar-refractivity contribution in [3.63, 3.8) is 0 Å². The molecule has 3 atom stereocenters. The predicted molar refractivity (Wildman–Crippen MR) is 175 cm³/mol. The van der Waals surface area contributed by atoms with Crippen LogP contribution in [0.4, 0.5) is 9.18 Å². The zero-order chi connectivity index (χ0) is 32.3. The number of halogens is 2. The van der Waals surface area contributed by atoms with Gasteiger partial charge in [0.15, 0.2) is 16.7 Å². The molecule has 1 aliphatic carbocycles. The zero-order valence-electron chi connectivity index (χ0n) is 25.5. The number of hydrogen-bond acceptors (Lipinski definition) is 6. The molecule has 1 amide bonds. The minimum atomic E-state index is -0.508. The van der Waals surface area contributed by atoms with Crippen molar-refractivity contribution in [3.8, 4) is 17.3 Å². The highest BCUT2D eigenvalue weighted by molar-refractivity contribution is 6.30. The van der Waals surface area contributed by atoms with Gasteiger partial charge in [-0.3, -0.25) is 9.36 Å². The van der Waals surface area contributed by atoms with Crippen LogP contribution in [0.2, 0.25) is 5.15 Å². The molecule has 1 fully saturated rings. The van der Waals surface area contributed by atoms with E-state index in [-0.39, 0.29) is 59.1 Å². The van der Waals surface area contributed by atoms with Gasteiger partial charge in [0.2, 0.25) is 5.75 Å². The van der Waals surface area contributed by atoms with Crippen LogP contribution < -0.4 is 15.6 Å². The molecule has 9 nitrogen and oxygen atoms in total. The molecule has 3 aromatic carbocycles. The summed E-state index contributed by atoms with van der Waals surface area (Å²) in [5.41, 5.74) is 3.17. The van der Waals surface area contributed by atoms with E-state index in [1.807, 2.05) is 60.7 Å². The summed E-state index contributed by atoms with van der Waals surface area (Å²) in [6.45, 7) is 0.782. The highest BCUT2D eigenvalue weighted by Crippen LogP contribution is 2.41. The number of alkyl carbamates (subject to hydrolysis) is 1. The average Bonchev–Trinajstić information content (AvgIpc) is 3.26. The lowest BCUT2D eigenvalue weighted by Crippen LogP contribution is -2.42. The van der Waals surface area contributed by atoms with Gasteiger partial charge >= 0.3 is 6.09 Å². The summed E-state index contributed by atoms with van der Waals surface area (Å²) in [6.07, 6.45) is 2.20. The van der Waals surface area contributed by atoms with Crippen LogP contribution in [-0.2, 0) is 30.9 Å². The highest BCUT2D eigenvalue weighted by Gasteiger charge is 2.40. The first-order chi connectivity index (χ1) is 22.9. The Balaban J connectivity index is 1.22. The largest absolute Gasteiger partial charge is 0.481 e. The van der Waals surface area contributed by atoms with Gasteiger partial charge in [-0.25, -0.2) is 19.2 Å². The number of rotatable bonds is 9. The van der Waals surface area contributed by atoms with E-state index < -0.39 is 6.09 Å². The summed E-state index contributed by atoms with van der Waals surface area (Å²) < 4.78 is 27.0. The van der Waals surface area contributed by atoms with E-state index in [2.05, 4.69) is 15.3 Å². The molecule has 2 aliphatic heterocycles. The van der Waals surface area contributed by atoms with Crippen LogP contribution in [-0.4, -0.2) is 31.7 Å². The summed E-state index contributed by atoms with van der Waals surface area (Å²) >= 11 is 6.60. The maximum Gasteiger partial charge on any atom is 0.407 e. The van der Waals surface area contributed by atoms with Crippen molar-refractivity contribution >= 4 is 17.7 Å². The first-order valence-corrected chi connectivity index (χ1v) is 16.1. The number of nitrogens with zero attached hydrogens (tertiary/aromatic N) is 3. The van der Waals surface area contributed by atoms with Crippen molar-refractivity contribution in [3.05, 3.63) is 134 Å². The first kappa shape index (κ1) is 30.7. The molecule has 3 unspecified atom stereocenters. The summed E-state index contributed by atoms with van der Waals surface area (Å²) in [4.78, 5) is 40.1. The second-order valence-corrected chi connectivity index (χ2v) is 12.5. The number of carbonyl (C=O) groups is 1. The van der Waals surface area contributed by atoms with Gasteiger partial charge in [0.1, 0.15) is 24.9 Å². The van der Waals surface area contributed by atoms with Crippen LogP contribution in [0.3, 0.4) is 0 Å². The number of carbonyl (C=O) groups excluding carboxylic acids is 1. The number of H-pyrrole nitrogens is 1. The molecule has 4 heterocycles. The molecule has 0 saturated heterocycles. The molecule has 47 heavy (non-hydrogen) atoms. The van der Waals surface area contributed by atoms with Gasteiger partial charge in [-0.15, -0.1) is 0 Å². The molecular formula is C36H33ClFN5O4. The van der Waals surface area contributed by atoms with Gasteiger partial charge in [-0.2, -0.15) is 0 Å². The summed E-state index contributed by atoms with van der Waals surface area (Å²) in [7, 11) is 0. The summed E-state index contributed by atoms with van der Waals surface area (Å²) in [5.74, 6) is 0.548. The molecule has 2 N–H and O–H groups in total. The summed E-state index contributed by atoms with van der Waals surface area (Å²) in [5, 5.41) is 3.29. The normalized spacial score (nSPS) is 18.3. The SMILES string of the molecule is O=C(NC1CC2CCC1c1nc(-c3nc(Cl)c(Cc4ccc(F)cc4)[nH]3)c(OCc3ccccc3)c(=O)n1C2)OCc1ccccc1. The fourth-order valence-corrected chi connectivity index (χ4v) is 6.72. The minimum absolute atomic E-state index is 0.0735. The van der Waals surface area contributed by atoms with Gasteiger partial charge in [0.25, 0.3) is 5.56 Å². The third kappa shape index (κ3) is 6.78. The molecule has 5 aromatic rings. The molecule has 8 rings (SSSR count). The van der Waals surface area contributed by atoms with Crippen LogP contribution in [0.1, 0.15) is 53.4 Å². The zero-order valence-corrected chi connectivity index (χ0v) is 26.3. The van der Waals surface area contributed by atoms with E-state index in [1.54, 1.807) is 16.7 Å². The van der Waals surface area contributed by atoms with Crippen LogP contribution in [0.25, 0.3) is 11.5 Å². The Hall–Kier alpha value is -4.96. The lowest BCUT2D eigenvalue weighted by Gasteiger charge is -2.32. The lowest BCUT2D eigenvalue weighted by atomic mass is 9.79. The number of aromatic amines is 1. The Bertz CT molecular complexity index is 1930. The van der Waals surface area contributed by atoms with Crippen LogP contribution >= 0.6 is 11.6 Å². The Morgan fingerprint density at radius 3 is 2.36 bits per heavy atom. The number of fused-ring (bicyclic) bond motifs is 2. The highest BCUT2D eigenvalue weighted by atomic mass is 35.5. The van der Waals surface area contributed by atoms with Crippen LogP contribution in [0, 0.1) is 11.7 Å². The fourth-order valence-electron chi connectivity index (χ4n) is 6.52. The number of nitrogens with one attached hydrogen (secondary N) is 2. The van der Waals surface area contributed by atoms with E-state index in [1.165, 1.54) is 12.1 Å². The van der Waals surface area contributed by atoms with E-state index in [0.717, 1.165) is 29.5 Å². The van der Waals surface area contributed by atoms with Gasteiger partial charge < -0.3 is 19.8 Å². The molecular weight excluding hydrogens is 621 g/mol. The van der Waals surface area contributed by atoms with Crippen molar-refractivity contribution in [1.82, 2.24) is 24.8 Å².